The molecule has 1 atom stereocenters. The maximum Gasteiger partial charge on any atom is 0.334 e. The topological polar surface area (TPSA) is 66.4 Å². The Kier molecular flexibility index (Phi) is 8.15. The van der Waals surface area contributed by atoms with Gasteiger partial charge in [0.25, 0.3) is 5.91 Å². The number of hydrogen-bond acceptors (Lipinski definition) is 3. The van der Waals surface area contributed by atoms with Crippen LogP contribution in [0.25, 0.3) is 0 Å². The van der Waals surface area contributed by atoms with Gasteiger partial charge in [0.15, 0.2) is 0 Å². The van der Waals surface area contributed by atoms with Gasteiger partial charge in [-0.3, -0.25) is 4.79 Å². The summed E-state index contributed by atoms with van der Waals surface area (Å²) >= 11 is 7.26. The summed E-state index contributed by atoms with van der Waals surface area (Å²) in [5.74, 6) is -1.08. The number of aryl methyl sites for hydroxylation is 1. The van der Waals surface area contributed by atoms with E-state index in [0.29, 0.717) is 21.4 Å². The standard InChI is InChI=1S/C22H24ClNO3S/c1-4-6-15-8-10-16(11-9-15)20(25)24-21-19(22(26)27)18(13-28-21)14(3)7-12-17(23)5-2/h5,7-12,18H,2,4,6,13H2,1,3H3,(H,24,25)(H,26,27)/b14-7+,17-12+. The van der Waals surface area contributed by atoms with E-state index >= 15 is 0 Å². The summed E-state index contributed by atoms with van der Waals surface area (Å²) < 4.78 is 0. The van der Waals surface area contributed by atoms with Gasteiger partial charge in [-0.15, -0.1) is 11.8 Å². The zero-order valence-corrected chi connectivity index (χ0v) is 17.6. The van der Waals surface area contributed by atoms with Crippen LogP contribution in [0.5, 0.6) is 0 Å². The number of carboxylic acids is 1. The number of carbonyl (C=O) groups excluding carboxylic acids is 1. The molecule has 1 amide bonds. The Morgan fingerprint density at radius 1 is 1.32 bits per heavy atom. The van der Waals surface area contributed by atoms with Crippen molar-refractivity contribution in [1.29, 1.82) is 0 Å². The second kappa shape index (κ2) is 10.3. The molecule has 0 aliphatic carbocycles. The maximum atomic E-state index is 12.6. The number of amides is 1. The first kappa shape index (κ1) is 22.1. The van der Waals surface area contributed by atoms with Crippen molar-refractivity contribution in [1.82, 2.24) is 5.32 Å². The molecule has 4 nitrogen and oxygen atoms in total. The SMILES string of the molecule is C=C/C(Cl)=C\C=C(/C)C1CSC(NC(=O)c2ccc(CCC)cc2)=C1C(=O)O. The quantitative estimate of drug-likeness (QED) is 0.564. The van der Waals surface area contributed by atoms with Crippen LogP contribution in [-0.2, 0) is 11.2 Å². The molecule has 6 heteroatoms. The van der Waals surface area contributed by atoms with E-state index in [1.54, 1.807) is 24.3 Å². The first-order chi connectivity index (χ1) is 13.4. The fourth-order valence-corrected chi connectivity index (χ4v) is 4.25. The molecule has 1 aromatic rings. The van der Waals surface area contributed by atoms with Crippen LogP contribution in [0.3, 0.4) is 0 Å². The number of nitrogens with one attached hydrogen (secondary N) is 1. The van der Waals surface area contributed by atoms with Crippen LogP contribution in [0.4, 0.5) is 0 Å². The van der Waals surface area contributed by atoms with Crippen LogP contribution < -0.4 is 5.32 Å². The van der Waals surface area contributed by atoms with Gasteiger partial charge in [-0.2, -0.15) is 0 Å². The van der Waals surface area contributed by atoms with E-state index < -0.39 is 5.97 Å². The van der Waals surface area contributed by atoms with Crippen LogP contribution in [0.1, 0.15) is 36.2 Å². The van der Waals surface area contributed by atoms with Gasteiger partial charge in [-0.25, -0.2) is 4.79 Å². The average Bonchev–Trinajstić information content (AvgIpc) is 3.10. The zero-order chi connectivity index (χ0) is 20.7. The summed E-state index contributed by atoms with van der Waals surface area (Å²) in [6.45, 7) is 7.54. The molecule has 0 saturated heterocycles. The van der Waals surface area contributed by atoms with Crippen molar-refractivity contribution in [3.8, 4) is 0 Å². The molecule has 2 N–H and O–H groups in total. The smallest absolute Gasteiger partial charge is 0.334 e. The predicted molar refractivity (Wildman–Crippen MR) is 116 cm³/mol. The maximum absolute atomic E-state index is 12.6. The lowest BCUT2D eigenvalue weighted by atomic mass is 9.94. The molecule has 1 aliphatic heterocycles. The highest BCUT2D eigenvalue weighted by Crippen LogP contribution is 2.38. The normalized spacial score (nSPS) is 17.6. The highest BCUT2D eigenvalue weighted by Gasteiger charge is 2.33. The Morgan fingerprint density at radius 3 is 2.57 bits per heavy atom. The summed E-state index contributed by atoms with van der Waals surface area (Å²) in [6, 6.07) is 7.40. The van der Waals surface area contributed by atoms with Crippen molar-refractivity contribution in [3.05, 3.63) is 81.4 Å². The van der Waals surface area contributed by atoms with Crippen LogP contribution in [0.15, 0.2) is 70.3 Å². The van der Waals surface area contributed by atoms with Gasteiger partial charge in [-0.1, -0.05) is 61.4 Å². The summed E-state index contributed by atoms with van der Waals surface area (Å²) in [4.78, 5) is 24.4. The summed E-state index contributed by atoms with van der Waals surface area (Å²) in [6.07, 6.45) is 6.99. The van der Waals surface area contributed by atoms with Gasteiger partial charge in [-0.05, 0) is 37.1 Å². The molecule has 2 rings (SSSR count). The second-order valence-electron chi connectivity index (χ2n) is 6.48. The highest BCUT2D eigenvalue weighted by atomic mass is 35.5. The fraction of sp³-hybridized carbons (Fsp3) is 0.273. The van der Waals surface area contributed by atoms with E-state index in [4.69, 9.17) is 11.6 Å². The second-order valence-corrected chi connectivity index (χ2v) is 7.95. The van der Waals surface area contributed by atoms with Crippen LogP contribution in [0.2, 0.25) is 0 Å². The lowest BCUT2D eigenvalue weighted by Gasteiger charge is -2.12. The molecule has 1 heterocycles. The minimum absolute atomic E-state index is 0.206. The summed E-state index contributed by atoms with van der Waals surface area (Å²) in [7, 11) is 0. The first-order valence-electron chi connectivity index (χ1n) is 9.04. The number of hydrogen-bond donors (Lipinski definition) is 2. The van der Waals surface area contributed by atoms with Crippen molar-refractivity contribution < 1.29 is 14.7 Å². The Hall–Kier alpha value is -2.24. The number of thioether (sulfide) groups is 1. The highest BCUT2D eigenvalue weighted by molar-refractivity contribution is 8.03. The Labute approximate surface area is 175 Å². The predicted octanol–water partition coefficient (Wildman–Crippen LogP) is 5.28. The molecule has 0 radical (unpaired) electrons. The van der Waals surface area contributed by atoms with E-state index in [9.17, 15) is 14.7 Å². The third-order valence-electron chi connectivity index (χ3n) is 4.45. The minimum Gasteiger partial charge on any atom is -0.478 e. The molecule has 1 aliphatic rings. The van der Waals surface area contributed by atoms with E-state index in [0.717, 1.165) is 18.4 Å². The Morgan fingerprint density at radius 2 is 2.00 bits per heavy atom. The molecule has 0 bridgehead atoms. The molecule has 148 valence electrons. The lowest BCUT2D eigenvalue weighted by molar-refractivity contribution is -0.133. The van der Waals surface area contributed by atoms with E-state index in [-0.39, 0.29) is 17.4 Å². The van der Waals surface area contributed by atoms with Gasteiger partial charge in [0.05, 0.1) is 10.6 Å². The van der Waals surface area contributed by atoms with E-state index in [2.05, 4.69) is 18.8 Å². The molecule has 0 saturated carbocycles. The number of aliphatic carboxylic acids is 1. The van der Waals surface area contributed by atoms with Gasteiger partial charge in [0, 0.05) is 22.3 Å². The number of benzene rings is 1. The molecule has 0 aromatic heterocycles. The summed E-state index contributed by atoms with van der Waals surface area (Å²) in [5.41, 5.74) is 2.75. The molecule has 0 spiro atoms. The van der Waals surface area contributed by atoms with Crippen molar-refractivity contribution in [2.24, 2.45) is 5.92 Å². The van der Waals surface area contributed by atoms with E-state index in [1.807, 2.05) is 19.1 Å². The van der Waals surface area contributed by atoms with Crippen molar-refractivity contribution in [3.63, 3.8) is 0 Å². The largest absolute Gasteiger partial charge is 0.478 e. The number of allylic oxidation sites excluding steroid dienone is 5. The van der Waals surface area contributed by atoms with Crippen LogP contribution >= 0.6 is 23.4 Å². The Bertz CT molecular complexity index is 853. The van der Waals surface area contributed by atoms with Crippen molar-refractivity contribution in [2.45, 2.75) is 26.7 Å². The molecule has 1 aromatic carbocycles. The number of halogens is 1. The van der Waals surface area contributed by atoms with Gasteiger partial charge >= 0.3 is 5.97 Å². The molecule has 1 unspecified atom stereocenters. The van der Waals surface area contributed by atoms with Crippen LogP contribution in [-0.4, -0.2) is 22.7 Å². The first-order valence-corrected chi connectivity index (χ1v) is 10.4. The van der Waals surface area contributed by atoms with Gasteiger partial charge in [0.2, 0.25) is 0 Å². The zero-order valence-electron chi connectivity index (χ0n) is 16.0. The molecular weight excluding hydrogens is 394 g/mol. The van der Waals surface area contributed by atoms with Crippen molar-refractivity contribution >= 4 is 35.2 Å². The fourth-order valence-electron chi connectivity index (χ4n) is 2.88. The number of rotatable bonds is 8. The molecule has 28 heavy (non-hydrogen) atoms. The number of carboxylic acid groups (broad SMARTS) is 1. The lowest BCUT2D eigenvalue weighted by Crippen LogP contribution is -2.24. The van der Waals surface area contributed by atoms with Crippen LogP contribution in [0, 0.1) is 5.92 Å². The summed E-state index contributed by atoms with van der Waals surface area (Å²) in [5, 5.41) is 13.3. The minimum atomic E-state index is -1.03. The Balaban J connectivity index is 2.22. The van der Waals surface area contributed by atoms with Crippen molar-refractivity contribution in [2.75, 3.05) is 5.75 Å². The monoisotopic (exact) mass is 417 g/mol. The number of carbonyl (C=O) groups is 2. The van der Waals surface area contributed by atoms with Gasteiger partial charge in [0.1, 0.15) is 0 Å². The third-order valence-corrected chi connectivity index (χ3v) is 5.84. The molecular formula is C22H24ClNO3S. The average molecular weight is 418 g/mol. The molecule has 0 fully saturated rings. The van der Waals surface area contributed by atoms with Gasteiger partial charge < -0.3 is 10.4 Å². The van der Waals surface area contributed by atoms with E-state index in [1.165, 1.54) is 23.4 Å². The third kappa shape index (κ3) is 5.63.